The van der Waals surface area contributed by atoms with Gasteiger partial charge in [0.2, 0.25) is 0 Å². The second-order valence-electron chi connectivity index (χ2n) is 2.46. The molecule has 0 aromatic carbocycles. The van der Waals surface area contributed by atoms with Crippen molar-refractivity contribution in [1.82, 2.24) is 4.90 Å². The van der Waals surface area contributed by atoms with Gasteiger partial charge < -0.3 is 9.64 Å². The van der Waals surface area contributed by atoms with Crippen LogP contribution in [0.15, 0.2) is 0 Å². The maximum atomic E-state index is 11.1. The molecular formula is C7H13NO3. The van der Waals surface area contributed by atoms with Crippen molar-refractivity contribution in [3.05, 3.63) is 0 Å². The number of carbonyl (C=O) groups is 2. The molecule has 0 spiro atoms. The van der Waals surface area contributed by atoms with Gasteiger partial charge in [-0.25, -0.2) is 0 Å². The Kier molecular flexibility index (Phi) is 3.74. The third-order valence-electron chi connectivity index (χ3n) is 1.27. The highest BCUT2D eigenvalue weighted by Crippen LogP contribution is 1.95. The standard InChI is InChI=1S/C7H13NO3/c1-5(9)6(11-4)7(10)8(2)3/h6H,1-4H3. The second-order valence-corrected chi connectivity index (χ2v) is 2.46. The van der Waals surface area contributed by atoms with Gasteiger partial charge in [0.1, 0.15) is 0 Å². The number of hydrogen-bond donors (Lipinski definition) is 0. The first-order valence-corrected chi connectivity index (χ1v) is 3.25. The first-order valence-electron chi connectivity index (χ1n) is 3.25. The Labute approximate surface area is 66.1 Å². The average Bonchev–Trinajstić information content (AvgIpc) is 1.88. The minimum absolute atomic E-state index is 0.272. The average molecular weight is 159 g/mol. The zero-order valence-electron chi connectivity index (χ0n) is 7.25. The summed E-state index contributed by atoms with van der Waals surface area (Å²) in [7, 11) is 4.50. The van der Waals surface area contributed by atoms with Crippen LogP contribution in [-0.2, 0) is 14.3 Å². The predicted molar refractivity (Wildman–Crippen MR) is 40.2 cm³/mol. The van der Waals surface area contributed by atoms with E-state index in [0.717, 1.165) is 0 Å². The number of hydrogen-bond acceptors (Lipinski definition) is 3. The highest BCUT2D eigenvalue weighted by molar-refractivity contribution is 6.03. The lowest BCUT2D eigenvalue weighted by Gasteiger charge is -2.16. The summed E-state index contributed by atoms with van der Waals surface area (Å²) < 4.78 is 4.69. The Morgan fingerprint density at radius 1 is 1.36 bits per heavy atom. The van der Waals surface area contributed by atoms with Gasteiger partial charge in [-0.15, -0.1) is 0 Å². The molecular weight excluding hydrogens is 146 g/mol. The number of likely N-dealkylation sites (N-methyl/N-ethyl adjacent to an activating group) is 1. The molecule has 0 saturated carbocycles. The molecule has 1 amide bonds. The van der Waals surface area contributed by atoms with Crippen molar-refractivity contribution in [3.63, 3.8) is 0 Å². The summed E-state index contributed by atoms with van der Waals surface area (Å²) >= 11 is 0. The Hall–Kier alpha value is -0.900. The van der Waals surface area contributed by atoms with Crippen LogP contribution >= 0.6 is 0 Å². The van der Waals surface area contributed by atoms with E-state index in [-0.39, 0.29) is 11.7 Å². The molecule has 0 fully saturated rings. The van der Waals surface area contributed by atoms with E-state index in [1.807, 2.05) is 0 Å². The second kappa shape index (κ2) is 4.08. The maximum Gasteiger partial charge on any atom is 0.258 e. The SMILES string of the molecule is COC(C(C)=O)C(=O)N(C)C. The van der Waals surface area contributed by atoms with Crippen LogP contribution in [0.3, 0.4) is 0 Å². The van der Waals surface area contributed by atoms with E-state index in [0.29, 0.717) is 0 Å². The van der Waals surface area contributed by atoms with E-state index in [9.17, 15) is 9.59 Å². The van der Waals surface area contributed by atoms with Crippen molar-refractivity contribution in [2.45, 2.75) is 13.0 Å². The molecule has 0 bridgehead atoms. The third kappa shape index (κ3) is 2.67. The summed E-state index contributed by atoms with van der Waals surface area (Å²) in [6, 6.07) is 0. The summed E-state index contributed by atoms with van der Waals surface area (Å²) in [6.45, 7) is 1.33. The highest BCUT2D eigenvalue weighted by Gasteiger charge is 2.23. The number of carbonyl (C=O) groups excluding carboxylic acids is 2. The number of rotatable bonds is 3. The zero-order valence-corrected chi connectivity index (χ0v) is 7.25. The summed E-state index contributed by atoms with van der Waals surface area (Å²) in [5, 5.41) is 0. The van der Waals surface area contributed by atoms with Crippen LogP contribution in [0.4, 0.5) is 0 Å². The van der Waals surface area contributed by atoms with Crippen LogP contribution in [0.2, 0.25) is 0 Å². The van der Waals surface area contributed by atoms with Gasteiger partial charge in [-0.2, -0.15) is 0 Å². The molecule has 11 heavy (non-hydrogen) atoms. The van der Waals surface area contributed by atoms with Crippen LogP contribution in [0.25, 0.3) is 0 Å². The summed E-state index contributed by atoms with van der Waals surface area (Å²) in [5.74, 6) is -0.591. The van der Waals surface area contributed by atoms with E-state index in [2.05, 4.69) is 0 Å². The van der Waals surface area contributed by atoms with Crippen molar-refractivity contribution in [3.8, 4) is 0 Å². The van der Waals surface area contributed by atoms with Crippen LogP contribution < -0.4 is 0 Å². The molecule has 4 nitrogen and oxygen atoms in total. The number of ketones is 1. The molecule has 0 radical (unpaired) electrons. The summed E-state index contributed by atoms with van der Waals surface area (Å²) in [6.07, 6.45) is -0.940. The van der Waals surface area contributed by atoms with Gasteiger partial charge in [-0.3, -0.25) is 9.59 Å². The van der Waals surface area contributed by atoms with Crippen LogP contribution in [-0.4, -0.2) is 43.9 Å². The van der Waals surface area contributed by atoms with Crippen molar-refractivity contribution in [1.29, 1.82) is 0 Å². The van der Waals surface area contributed by atoms with E-state index >= 15 is 0 Å². The number of Topliss-reactive ketones (excluding diaryl/α,β-unsaturated/α-hetero) is 1. The quantitative estimate of drug-likeness (QED) is 0.530. The number of ether oxygens (including phenoxy) is 1. The minimum atomic E-state index is -0.940. The van der Waals surface area contributed by atoms with Gasteiger partial charge >= 0.3 is 0 Å². The molecule has 0 rings (SSSR count). The van der Waals surface area contributed by atoms with Gasteiger partial charge in [-0.05, 0) is 6.92 Å². The van der Waals surface area contributed by atoms with Gasteiger partial charge in [-0.1, -0.05) is 0 Å². The van der Waals surface area contributed by atoms with E-state index in [1.54, 1.807) is 14.1 Å². The normalized spacial score (nSPS) is 12.4. The van der Waals surface area contributed by atoms with E-state index in [4.69, 9.17) is 4.74 Å². The van der Waals surface area contributed by atoms with Crippen molar-refractivity contribution >= 4 is 11.7 Å². The first-order chi connectivity index (χ1) is 5.00. The predicted octanol–water partition coefficient (Wildman–Crippen LogP) is -0.321. The number of nitrogens with zero attached hydrogens (tertiary/aromatic N) is 1. The molecule has 0 aliphatic rings. The van der Waals surface area contributed by atoms with Gasteiger partial charge in [0.15, 0.2) is 11.9 Å². The lowest BCUT2D eigenvalue weighted by atomic mass is 10.2. The number of amides is 1. The molecule has 0 aromatic rings. The lowest BCUT2D eigenvalue weighted by Crippen LogP contribution is -2.39. The van der Waals surface area contributed by atoms with E-state index in [1.165, 1.54) is 18.9 Å². The monoisotopic (exact) mass is 159 g/mol. The summed E-state index contributed by atoms with van der Waals surface area (Å²) in [5.41, 5.74) is 0. The summed E-state index contributed by atoms with van der Waals surface area (Å²) in [4.78, 5) is 23.2. The molecule has 1 unspecified atom stereocenters. The maximum absolute atomic E-state index is 11.1. The molecule has 0 heterocycles. The number of methoxy groups -OCH3 is 1. The molecule has 0 saturated heterocycles. The Balaban J connectivity index is 4.27. The Morgan fingerprint density at radius 3 is 1.91 bits per heavy atom. The van der Waals surface area contributed by atoms with Crippen LogP contribution in [0.5, 0.6) is 0 Å². The van der Waals surface area contributed by atoms with Crippen LogP contribution in [0.1, 0.15) is 6.92 Å². The smallest absolute Gasteiger partial charge is 0.258 e. The van der Waals surface area contributed by atoms with Crippen molar-refractivity contribution in [2.75, 3.05) is 21.2 Å². The molecule has 0 aliphatic carbocycles. The van der Waals surface area contributed by atoms with Crippen molar-refractivity contribution < 1.29 is 14.3 Å². The van der Waals surface area contributed by atoms with Gasteiger partial charge in [0, 0.05) is 21.2 Å². The highest BCUT2D eigenvalue weighted by atomic mass is 16.5. The lowest BCUT2D eigenvalue weighted by molar-refractivity contribution is -0.146. The van der Waals surface area contributed by atoms with E-state index < -0.39 is 6.10 Å². The third-order valence-corrected chi connectivity index (χ3v) is 1.27. The van der Waals surface area contributed by atoms with Gasteiger partial charge in [0.05, 0.1) is 0 Å². The van der Waals surface area contributed by atoms with Gasteiger partial charge in [0.25, 0.3) is 5.91 Å². The molecule has 1 atom stereocenters. The fraction of sp³-hybridized carbons (Fsp3) is 0.714. The molecule has 0 aliphatic heterocycles. The largest absolute Gasteiger partial charge is 0.364 e. The topological polar surface area (TPSA) is 46.6 Å². The molecule has 0 aromatic heterocycles. The molecule has 64 valence electrons. The zero-order chi connectivity index (χ0) is 9.02. The Morgan fingerprint density at radius 2 is 1.82 bits per heavy atom. The first kappa shape index (κ1) is 10.1. The van der Waals surface area contributed by atoms with Crippen LogP contribution in [0, 0.1) is 0 Å². The molecule has 0 N–H and O–H groups in total. The molecule has 4 heteroatoms. The Bertz CT molecular complexity index is 165. The van der Waals surface area contributed by atoms with Crippen molar-refractivity contribution in [2.24, 2.45) is 0 Å². The fourth-order valence-electron chi connectivity index (χ4n) is 0.675. The fourth-order valence-corrected chi connectivity index (χ4v) is 0.675. The minimum Gasteiger partial charge on any atom is -0.364 e.